The Morgan fingerprint density at radius 3 is 2.24 bits per heavy atom. The maximum absolute atomic E-state index is 12.5. The van der Waals surface area contributed by atoms with Gasteiger partial charge in [-0.2, -0.15) is 13.2 Å². The molecule has 0 aliphatic rings. The van der Waals surface area contributed by atoms with Gasteiger partial charge < -0.3 is 14.8 Å². The van der Waals surface area contributed by atoms with Crippen LogP contribution in [0.25, 0.3) is 0 Å². The molecule has 0 spiro atoms. The van der Waals surface area contributed by atoms with Crippen LogP contribution < -0.4 is 5.32 Å². The summed E-state index contributed by atoms with van der Waals surface area (Å²) in [5, 5.41) is 12.0. The second-order valence-corrected chi connectivity index (χ2v) is 4.75. The zero-order chi connectivity index (χ0) is 15.5. The normalized spacial score (nSPS) is 13.4. The standard InChI is InChI=1S/C15H16F3NO2/c1-10(19-8-13-6-7-14(9-20)21-13)11-2-4-12(5-3-11)15(16,17)18/h2-7,10,19-20H,8-9H2,1H3. The van der Waals surface area contributed by atoms with Gasteiger partial charge in [0.1, 0.15) is 18.1 Å². The number of rotatable bonds is 5. The van der Waals surface area contributed by atoms with Gasteiger partial charge in [0.2, 0.25) is 0 Å². The third-order valence-electron chi connectivity index (χ3n) is 3.19. The van der Waals surface area contributed by atoms with E-state index in [4.69, 9.17) is 9.52 Å². The van der Waals surface area contributed by atoms with Crippen molar-refractivity contribution in [3.63, 3.8) is 0 Å². The van der Waals surface area contributed by atoms with E-state index in [0.29, 0.717) is 18.1 Å². The second kappa shape index (κ2) is 6.32. The van der Waals surface area contributed by atoms with Gasteiger partial charge >= 0.3 is 6.18 Å². The number of halogens is 3. The van der Waals surface area contributed by atoms with Crippen molar-refractivity contribution in [3.8, 4) is 0 Å². The van der Waals surface area contributed by atoms with Gasteiger partial charge in [-0.3, -0.25) is 0 Å². The van der Waals surface area contributed by atoms with E-state index in [9.17, 15) is 13.2 Å². The Morgan fingerprint density at radius 1 is 1.10 bits per heavy atom. The van der Waals surface area contributed by atoms with Crippen LogP contribution in [-0.2, 0) is 19.3 Å². The highest BCUT2D eigenvalue weighted by Gasteiger charge is 2.30. The van der Waals surface area contributed by atoms with Gasteiger partial charge in [-0.05, 0) is 36.8 Å². The highest BCUT2D eigenvalue weighted by molar-refractivity contribution is 5.26. The molecule has 1 unspecified atom stereocenters. The van der Waals surface area contributed by atoms with Crippen molar-refractivity contribution >= 4 is 0 Å². The molecule has 0 aliphatic carbocycles. The fourth-order valence-electron chi connectivity index (χ4n) is 1.93. The summed E-state index contributed by atoms with van der Waals surface area (Å²) in [5.74, 6) is 1.15. The minimum absolute atomic E-state index is 0.116. The van der Waals surface area contributed by atoms with Gasteiger partial charge in [-0.1, -0.05) is 12.1 Å². The molecule has 0 fully saturated rings. The molecule has 0 saturated carbocycles. The van der Waals surface area contributed by atoms with Crippen LogP contribution in [0.2, 0.25) is 0 Å². The van der Waals surface area contributed by atoms with Crippen molar-refractivity contribution in [1.29, 1.82) is 0 Å². The average molecular weight is 299 g/mol. The van der Waals surface area contributed by atoms with Crippen molar-refractivity contribution < 1.29 is 22.7 Å². The van der Waals surface area contributed by atoms with E-state index >= 15 is 0 Å². The van der Waals surface area contributed by atoms with Crippen molar-refractivity contribution in [2.45, 2.75) is 32.3 Å². The SMILES string of the molecule is CC(NCc1ccc(CO)o1)c1ccc(C(F)(F)F)cc1. The van der Waals surface area contributed by atoms with Crippen LogP contribution in [0.3, 0.4) is 0 Å². The zero-order valence-electron chi connectivity index (χ0n) is 11.4. The number of benzene rings is 1. The van der Waals surface area contributed by atoms with Crippen LogP contribution in [0.5, 0.6) is 0 Å². The highest BCUT2D eigenvalue weighted by Crippen LogP contribution is 2.29. The maximum atomic E-state index is 12.5. The molecule has 1 aromatic carbocycles. The number of nitrogens with one attached hydrogen (secondary N) is 1. The second-order valence-electron chi connectivity index (χ2n) is 4.75. The minimum Gasteiger partial charge on any atom is -0.462 e. The number of aliphatic hydroxyl groups excluding tert-OH is 1. The van der Waals surface area contributed by atoms with Crippen molar-refractivity contribution in [2.75, 3.05) is 0 Å². The molecule has 1 heterocycles. The maximum Gasteiger partial charge on any atom is 0.416 e. The molecule has 1 atom stereocenters. The van der Waals surface area contributed by atoms with E-state index in [1.54, 1.807) is 12.1 Å². The van der Waals surface area contributed by atoms with Crippen molar-refractivity contribution in [3.05, 3.63) is 59.0 Å². The molecule has 2 rings (SSSR count). The summed E-state index contributed by atoms with van der Waals surface area (Å²) in [6.07, 6.45) is -4.32. The van der Waals surface area contributed by atoms with Crippen molar-refractivity contribution in [2.24, 2.45) is 0 Å². The molecule has 1 aromatic heterocycles. The molecule has 0 bridgehead atoms. The lowest BCUT2D eigenvalue weighted by molar-refractivity contribution is -0.137. The molecule has 0 saturated heterocycles. The lowest BCUT2D eigenvalue weighted by atomic mass is 10.1. The molecular weight excluding hydrogens is 283 g/mol. The van der Waals surface area contributed by atoms with E-state index < -0.39 is 11.7 Å². The number of alkyl halides is 3. The van der Waals surface area contributed by atoms with E-state index in [0.717, 1.165) is 17.7 Å². The van der Waals surface area contributed by atoms with E-state index in [-0.39, 0.29) is 12.6 Å². The molecule has 3 nitrogen and oxygen atoms in total. The van der Waals surface area contributed by atoms with Crippen LogP contribution >= 0.6 is 0 Å². The third-order valence-corrected chi connectivity index (χ3v) is 3.19. The lowest BCUT2D eigenvalue weighted by Crippen LogP contribution is -2.18. The largest absolute Gasteiger partial charge is 0.462 e. The van der Waals surface area contributed by atoms with E-state index in [2.05, 4.69) is 5.32 Å². The summed E-state index contributed by atoms with van der Waals surface area (Å²) in [6.45, 7) is 2.13. The van der Waals surface area contributed by atoms with Gasteiger partial charge in [0.25, 0.3) is 0 Å². The Labute approximate surface area is 120 Å². The van der Waals surface area contributed by atoms with Crippen LogP contribution in [0, 0.1) is 0 Å². The molecule has 2 N–H and O–H groups in total. The van der Waals surface area contributed by atoms with Gasteiger partial charge in [-0.15, -0.1) is 0 Å². The predicted molar refractivity (Wildman–Crippen MR) is 71.3 cm³/mol. The van der Waals surface area contributed by atoms with Gasteiger partial charge in [0, 0.05) is 6.04 Å². The Bertz CT molecular complexity index is 575. The number of hydrogen-bond donors (Lipinski definition) is 2. The Kier molecular flexibility index (Phi) is 4.69. The van der Waals surface area contributed by atoms with Crippen molar-refractivity contribution in [1.82, 2.24) is 5.32 Å². The van der Waals surface area contributed by atoms with Gasteiger partial charge in [-0.25, -0.2) is 0 Å². The first kappa shape index (κ1) is 15.6. The lowest BCUT2D eigenvalue weighted by Gasteiger charge is -2.14. The van der Waals surface area contributed by atoms with Gasteiger partial charge in [0.15, 0.2) is 0 Å². The average Bonchev–Trinajstić information content (AvgIpc) is 2.92. The van der Waals surface area contributed by atoms with Crippen LogP contribution in [-0.4, -0.2) is 5.11 Å². The quantitative estimate of drug-likeness (QED) is 0.886. The summed E-state index contributed by atoms with van der Waals surface area (Å²) in [7, 11) is 0. The van der Waals surface area contributed by atoms with Crippen LogP contribution in [0.15, 0.2) is 40.8 Å². The van der Waals surface area contributed by atoms with E-state index in [1.807, 2.05) is 6.92 Å². The topological polar surface area (TPSA) is 45.4 Å². The summed E-state index contributed by atoms with van der Waals surface area (Å²) in [5.41, 5.74) is 0.106. The monoisotopic (exact) mass is 299 g/mol. The summed E-state index contributed by atoms with van der Waals surface area (Å²) < 4.78 is 42.8. The predicted octanol–water partition coefficient (Wildman–Crippen LogP) is 3.64. The zero-order valence-corrected chi connectivity index (χ0v) is 11.4. The minimum atomic E-state index is -4.32. The Hall–Kier alpha value is -1.79. The third kappa shape index (κ3) is 4.09. The molecule has 21 heavy (non-hydrogen) atoms. The first-order valence-corrected chi connectivity index (χ1v) is 6.49. The first-order chi connectivity index (χ1) is 9.90. The molecular formula is C15H16F3NO2. The first-order valence-electron chi connectivity index (χ1n) is 6.49. The Balaban J connectivity index is 1.95. The Morgan fingerprint density at radius 2 is 1.71 bits per heavy atom. The summed E-state index contributed by atoms with van der Waals surface area (Å²) >= 11 is 0. The fourth-order valence-corrected chi connectivity index (χ4v) is 1.93. The summed E-state index contributed by atoms with van der Waals surface area (Å²) in [4.78, 5) is 0. The van der Waals surface area contributed by atoms with Crippen LogP contribution in [0.4, 0.5) is 13.2 Å². The molecule has 2 aromatic rings. The van der Waals surface area contributed by atoms with Crippen LogP contribution in [0.1, 0.15) is 35.6 Å². The number of aliphatic hydroxyl groups is 1. The molecule has 6 heteroatoms. The molecule has 114 valence electrons. The molecule has 0 amide bonds. The fraction of sp³-hybridized carbons (Fsp3) is 0.333. The smallest absolute Gasteiger partial charge is 0.416 e. The van der Waals surface area contributed by atoms with E-state index in [1.165, 1.54) is 12.1 Å². The van der Waals surface area contributed by atoms with Gasteiger partial charge in [0.05, 0.1) is 12.1 Å². The number of hydrogen-bond acceptors (Lipinski definition) is 3. The molecule has 0 radical (unpaired) electrons. The molecule has 0 aliphatic heterocycles. The highest BCUT2D eigenvalue weighted by atomic mass is 19.4. The number of furan rings is 1. The summed E-state index contributed by atoms with van der Waals surface area (Å²) in [6, 6.07) is 8.38.